The number of methoxy groups -OCH3 is 1. The van der Waals surface area contributed by atoms with Gasteiger partial charge in [-0.1, -0.05) is 42.5 Å². The van der Waals surface area contributed by atoms with Crippen molar-refractivity contribution in [1.82, 2.24) is 9.80 Å². The molecule has 1 aromatic heterocycles. The van der Waals surface area contributed by atoms with Crippen molar-refractivity contribution >= 4 is 23.1 Å². The summed E-state index contributed by atoms with van der Waals surface area (Å²) in [7, 11) is 1.67. The van der Waals surface area contributed by atoms with Gasteiger partial charge in [-0.25, -0.2) is 0 Å². The van der Waals surface area contributed by atoms with E-state index in [4.69, 9.17) is 9.15 Å². The molecule has 0 aliphatic carbocycles. The third-order valence-corrected chi connectivity index (χ3v) is 6.12. The van der Waals surface area contributed by atoms with Crippen molar-refractivity contribution in [2.45, 2.75) is 6.54 Å². The number of amides is 2. The summed E-state index contributed by atoms with van der Waals surface area (Å²) in [5, 5.41) is 0. The molecule has 1 fully saturated rings. The quantitative estimate of drug-likeness (QED) is 0.544. The van der Waals surface area contributed by atoms with Gasteiger partial charge in [0, 0.05) is 26.2 Å². The molecule has 168 valence electrons. The number of para-hydroxylation sites is 2. The average molecular weight is 444 g/mol. The van der Waals surface area contributed by atoms with Crippen LogP contribution in [0.1, 0.15) is 11.3 Å². The highest BCUT2D eigenvalue weighted by Gasteiger charge is 2.42. The average Bonchev–Trinajstić information content (AvgIpc) is 3.47. The standard InChI is InChI=1S/C26H25N3O4/c1-32-22-12-6-5-11-21(22)27-13-15-28(16-14-27)24-23(19-8-3-2-4-9-19)25(30)29(26(24)31)18-20-10-7-17-33-20/h2-12,17H,13-16,18H2,1H3. The van der Waals surface area contributed by atoms with E-state index in [1.807, 2.05) is 59.5 Å². The maximum Gasteiger partial charge on any atom is 0.278 e. The Morgan fingerprint density at radius 2 is 1.52 bits per heavy atom. The number of hydrogen-bond acceptors (Lipinski definition) is 6. The van der Waals surface area contributed by atoms with Crippen LogP contribution in [0, 0.1) is 0 Å². The molecule has 1 saturated heterocycles. The monoisotopic (exact) mass is 443 g/mol. The maximum absolute atomic E-state index is 13.5. The van der Waals surface area contributed by atoms with Crippen LogP contribution in [0.25, 0.3) is 5.57 Å². The zero-order chi connectivity index (χ0) is 22.8. The molecule has 0 N–H and O–H groups in total. The Hall–Kier alpha value is -4.00. The van der Waals surface area contributed by atoms with Gasteiger partial charge in [-0.15, -0.1) is 0 Å². The summed E-state index contributed by atoms with van der Waals surface area (Å²) in [6, 6.07) is 20.9. The first-order chi connectivity index (χ1) is 16.2. The molecule has 5 rings (SSSR count). The Balaban J connectivity index is 1.43. The smallest absolute Gasteiger partial charge is 0.278 e. The summed E-state index contributed by atoms with van der Waals surface area (Å²) in [5.41, 5.74) is 2.71. The number of carbonyl (C=O) groups is 2. The van der Waals surface area contributed by atoms with Crippen molar-refractivity contribution in [2.75, 3.05) is 38.2 Å². The molecular weight excluding hydrogens is 418 g/mol. The van der Waals surface area contributed by atoms with E-state index in [2.05, 4.69) is 4.90 Å². The summed E-state index contributed by atoms with van der Waals surface area (Å²) in [6.07, 6.45) is 1.55. The number of imide groups is 1. The van der Waals surface area contributed by atoms with Gasteiger partial charge < -0.3 is 19.0 Å². The molecule has 2 aromatic carbocycles. The number of carbonyl (C=O) groups excluding carboxylic acids is 2. The fourth-order valence-electron chi connectivity index (χ4n) is 4.49. The summed E-state index contributed by atoms with van der Waals surface area (Å²) >= 11 is 0. The van der Waals surface area contributed by atoms with E-state index in [9.17, 15) is 9.59 Å². The van der Waals surface area contributed by atoms with Crippen LogP contribution in [-0.2, 0) is 16.1 Å². The normalized spacial score (nSPS) is 16.7. The molecule has 0 radical (unpaired) electrons. The van der Waals surface area contributed by atoms with Gasteiger partial charge in [0.25, 0.3) is 11.8 Å². The van der Waals surface area contributed by atoms with Gasteiger partial charge in [0.1, 0.15) is 17.2 Å². The van der Waals surface area contributed by atoms with Crippen molar-refractivity contribution < 1.29 is 18.7 Å². The van der Waals surface area contributed by atoms with Crippen molar-refractivity contribution in [1.29, 1.82) is 0 Å². The molecule has 0 unspecified atom stereocenters. The number of piperazine rings is 1. The van der Waals surface area contributed by atoms with E-state index < -0.39 is 0 Å². The summed E-state index contributed by atoms with van der Waals surface area (Å²) in [4.78, 5) is 32.5. The molecule has 33 heavy (non-hydrogen) atoms. The minimum Gasteiger partial charge on any atom is -0.495 e. The summed E-state index contributed by atoms with van der Waals surface area (Å²) in [5.74, 6) is 0.837. The third kappa shape index (κ3) is 3.86. The molecule has 3 heterocycles. The van der Waals surface area contributed by atoms with Crippen LogP contribution in [0.4, 0.5) is 5.69 Å². The first kappa shape index (κ1) is 20.9. The number of hydrogen-bond donors (Lipinski definition) is 0. The van der Waals surface area contributed by atoms with E-state index in [0.717, 1.165) is 17.0 Å². The molecule has 2 amide bonds. The van der Waals surface area contributed by atoms with Crippen molar-refractivity contribution in [2.24, 2.45) is 0 Å². The molecule has 7 nitrogen and oxygen atoms in total. The predicted octanol–water partition coefficient (Wildman–Crippen LogP) is 3.39. The van der Waals surface area contributed by atoms with Gasteiger partial charge in [-0.3, -0.25) is 14.5 Å². The van der Waals surface area contributed by atoms with Crippen LogP contribution >= 0.6 is 0 Å². The lowest BCUT2D eigenvalue weighted by molar-refractivity contribution is -0.138. The lowest BCUT2D eigenvalue weighted by atomic mass is 10.0. The largest absolute Gasteiger partial charge is 0.495 e. The third-order valence-electron chi connectivity index (χ3n) is 6.12. The Morgan fingerprint density at radius 3 is 2.21 bits per heavy atom. The molecule has 0 spiro atoms. The molecule has 7 heteroatoms. The minimum absolute atomic E-state index is 0.117. The van der Waals surface area contributed by atoms with Gasteiger partial charge in [0.05, 0.1) is 31.2 Å². The highest BCUT2D eigenvalue weighted by molar-refractivity contribution is 6.35. The van der Waals surface area contributed by atoms with E-state index in [-0.39, 0.29) is 18.4 Å². The molecular formula is C26H25N3O4. The maximum atomic E-state index is 13.5. The predicted molar refractivity (Wildman–Crippen MR) is 124 cm³/mol. The molecule has 0 saturated carbocycles. The van der Waals surface area contributed by atoms with E-state index >= 15 is 0 Å². The lowest BCUT2D eigenvalue weighted by Crippen LogP contribution is -2.47. The van der Waals surface area contributed by atoms with Crippen molar-refractivity contribution in [3.63, 3.8) is 0 Å². The molecule has 3 aromatic rings. The second-order valence-corrected chi connectivity index (χ2v) is 8.01. The number of benzene rings is 2. The van der Waals surface area contributed by atoms with Gasteiger partial charge in [-0.05, 0) is 29.8 Å². The molecule has 0 bridgehead atoms. The van der Waals surface area contributed by atoms with Gasteiger partial charge in [-0.2, -0.15) is 0 Å². The van der Waals surface area contributed by atoms with Crippen LogP contribution in [0.5, 0.6) is 5.75 Å². The van der Waals surface area contributed by atoms with Crippen LogP contribution in [0.15, 0.2) is 83.1 Å². The zero-order valence-electron chi connectivity index (χ0n) is 18.4. The second-order valence-electron chi connectivity index (χ2n) is 8.01. The van der Waals surface area contributed by atoms with Gasteiger partial charge in [0.15, 0.2) is 0 Å². The Bertz CT molecular complexity index is 1180. The summed E-state index contributed by atoms with van der Waals surface area (Å²) in [6.45, 7) is 2.79. The Kier molecular flexibility index (Phi) is 5.60. The molecule has 0 atom stereocenters. The first-order valence-corrected chi connectivity index (χ1v) is 11.0. The van der Waals surface area contributed by atoms with Crippen LogP contribution in [0.2, 0.25) is 0 Å². The van der Waals surface area contributed by atoms with Crippen molar-refractivity contribution in [3.8, 4) is 5.75 Å². The Morgan fingerprint density at radius 1 is 0.818 bits per heavy atom. The zero-order valence-corrected chi connectivity index (χ0v) is 18.4. The minimum atomic E-state index is -0.287. The van der Waals surface area contributed by atoms with Crippen molar-refractivity contribution in [3.05, 3.63) is 90.0 Å². The van der Waals surface area contributed by atoms with Gasteiger partial charge in [0.2, 0.25) is 0 Å². The highest BCUT2D eigenvalue weighted by atomic mass is 16.5. The molecule has 2 aliphatic rings. The number of ether oxygens (including phenoxy) is 1. The fraction of sp³-hybridized carbons (Fsp3) is 0.231. The van der Waals surface area contributed by atoms with Crippen LogP contribution < -0.4 is 9.64 Å². The summed E-state index contributed by atoms with van der Waals surface area (Å²) < 4.78 is 10.9. The fourth-order valence-corrected chi connectivity index (χ4v) is 4.49. The van der Waals surface area contributed by atoms with Gasteiger partial charge >= 0.3 is 0 Å². The number of nitrogens with zero attached hydrogens (tertiary/aromatic N) is 3. The second kappa shape index (κ2) is 8.86. The molecule has 2 aliphatic heterocycles. The van der Waals surface area contributed by atoms with E-state index in [1.165, 1.54) is 4.90 Å². The lowest BCUT2D eigenvalue weighted by Gasteiger charge is -2.38. The number of furan rings is 1. The highest BCUT2D eigenvalue weighted by Crippen LogP contribution is 2.34. The van der Waals surface area contributed by atoms with Crippen LogP contribution in [-0.4, -0.2) is 54.9 Å². The first-order valence-electron chi connectivity index (χ1n) is 11.0. The van der Waals surface area contributed by atoms with E-state index in [0.29, 0.717) is 43.2 Å². The van der Waals surface area contributed by atoms with E-state index in [1.54, 1.807) is 25.5 Å². The van der Waals surface area contributed by atoms with Crippen LogP contribution in [0.3, 0.4) is 0 Å². The number of rotatable bonds is 6. The number of anilines is 1. The SMILES string of the molecule is COc1ccccc1N1CCN(C2=C(c3ccccc3)C(=O)N(Cc3ccco3)C2=O)CC1. The topological polar surface area (TPSA) is 66.2 Å². The Labute approximate surface area is 192 Å².